The molecule has 4 amide bonds. The number of nitrogens with one attached hydrogen (secondary N) is 1. The molecule has 2 aliphatic rings. The highest BCUT2D eigenvalue weighted by Gasteiger charge is 2.33. The molecule has 2 atom stereocenters. The fourth-order valence-electron chi connectivity index (χ4n) is 5.08. The van der Waals surface area contributed by atoms with E-state index in [0.29, 0.717) is 37.2 Å². The number of ether oxygens (including phenoxy) is 2. The normalized spacial score (nSPS) is 19.0. The molecular weight excluding hydrogens is 560 g/mol. The van der Waals surface area contributed by atoms with Crippen molar-refractivity contribution in [2.45, 2.75) is 91.0 Å². The van der Waals surface area contributed by atoms with E-state index in [9.17, 15) is 18.8 Å². The first kappa shape index (κ1) is 34.1. The molecule has 2 aliphatic heterocycles. The predicted octanol–water partition coefficient (Wildman–Crippen LogP) is 4.84. The van der Waals surface area contributed by atoms with Gasteiger partial charge in [-0.3, -0.25) is 4.79 Å². The minimum atomic E-state index is -1.12. The van der Waals surface area contributed by atoms with Gasteiger partial charge in [-0.15, -0.1) is 0 Å². The molecule has 3 N–H and O–H groups in total. The number of amidine groups is 1. The predicted molar refractivity (Wildman–Crippen MR) is 160 cm³/mol. The number of amides is 4. The van der Waals surface area contributed by atoms with E-state index >= 15 is 4.39 Å². The van der Waals surface area contributed by atoms with Gasteiger partial charge in [-0.25, -0.2) is 18.4 Å². The maximum absolute atomic E-state index is 15.1. The van der Waals surface area contributed by atoms with Crippen molar-refractivity contribution in [2.75, 3.05) is 32.8 Å². The maximum atomic E-state index is 15.1. The number of hydrogen-bond acceptors (Lipinski definition) is 5. The molecule has 0 radical (unpaired) electrons. The van der Waals surface area contributed by atoms with Gasteiger partial charge in [-0.1, -0.05) is 19.9 Å². The number of piperidine rings is 1. The van der Waals surface area contributed by atoms with Crippen molar-refractivity contribution >= 4 is 23.9 Å². The molecule has 43 heavy (non-hydrogen) atoms. The summed E-state index contributed by atoms with van der Waals surface area (Å²) in [6.07, 6.45) is 1.66. The third kappa shape index (κ3) is 11.0. The van der Waals surface area contributed by atoms with E-state index in [2.05, 4.69) is 10.3 Å². The number of carbonyl (C=O) groups excluding carboxylic acids is 3. The standard InChI is InChI=1S/C31H47F2N5O5/c1-20(2)27(34)36-29(40)37-13-10-21(11-14-37)7-6-16-42-24-9-8-22(25(33)18-24)17-26(35-30(41)43-31(3,4)5)28(39)38-15-12-23(32)19-38/h8-9,18,20-21,23,26H,6-7,10-17,19H2,1-5H3,(H,35,41)(H2,34,36,40)/t23-,26-/m0/s1. The molecule has 10 nitrogen and oxygen atoms in total. The highest BCUT2D eigenvalue weighted by molar-refractivity contribution is 5.93. The Morgan fingerprint density at radius 1 is 1.12 bits per heavy atom. The van der Waals surface area contributed by atoms with E-state index in [4.69, 9.17) is 15.2 Å². The van der Waals surface area contributed by atoms with Gasteiger partial charge in [0.05, 0.1) is 13.2 Å². The first-order valence-corrected chi connectivity index (χ1v) is 15.2. The lowest BCUT2D eigenvalue weighted by atomic mass is 9.92. The second kappa shape index (κ2) is 15.3. The smallest absolute Gasteiger partial charge is 0.408 e. The molecule has 2 fully saturated rings. The summed E-state index contributed by atoms with van der Waals surface area (Å²) in [5.74, 6) is 0.161. The zero-order valence-corrected chi connectivity index (χ0v) is 26.0. The van der Waals surface area contributed by atoms with Gasteiger partial charge in [0.1, 0.15) is 35.2 Å². The zero-order valence-electron chi connectivity index (χ0n) is 26.0. The van der Waals surface area contributed by atoms with Gasteiger partial charge in [0, 0.05) is 38.0 Å². The minimum absolute atomic E-state index is 0.0278. The highest BCUT2D eigenvalue weighted by atomic mass is 19.1. The Morgan fingerprint density at radius 3 is 2.37 bits per heavy atom. The van der Waals surface area contributed by atoms with Gasteiger partial charge in [0.25, 0.3) is 0 Å². The van der Waals surface area contributed by atoms with Gasteiger partial charge in [-0.2, -0.15) is 4.99 Å². The Morgan fingerprint density at radius 2 is 1.79 bits per heavy atom. The van der Waals surface area contributed by atoms with Crippen LogP contribution in [0.5, 0.6) is 5.75 Å². The summed E-state index contributed by atoms with van der Waals surface area (Å²) in [5, 5.41) is 2.54. The Labute approximate surface area is 253 Å². The van der Waals surface area contributed by atoms with Crippen molar-refractivity contribution in [3.8, 4) is 5.75 Å². The molecule has 3 rings (SSSR count). The Kier molecular flexibility index (Phi) is 12.1. The van der Waals surface area contributed by atoms with Crippen LogP contribution in [0.25, 0.3) is 0 Å². The van der Waals surface area contributed by atoms with Gasteiger partial charge in [0.2, 0.25) is 5.91 Å². The number of alkyl halides is 1. The number of benzene rings is 1. The Bertz CT molecular complexity index is 1150. The SMILES string of the molecule is CC(C)C(N)=NC(=O)N1CCC(CCCOc2ccc(C[C@H](NC(=O)OC(C)(C)C)C(=O)N3CC[C@H](F)C3)c(F)c2)CC1. The zero-order chi connectivity index (χ0) is 31.7. The molecule has 2 heterocycles. The number of carbonyl (C=O) groups is 3. The summed E-state index contributed by atoms with van der Waals surface area (Å²) in [5.41, 5.74) is 5.25. The molecule has 0 unspecified atom stereocenters. The molecular formula is C31H47F2N5O5. The van der Waals surface area contributed by atoms with Crippen molar-refractivity contribution in [1.82, 2.24) is 15.1 Å². The third-order valence-corrected chi connectivity index (χ3v) is 7.61. The number of nitrogens with zero attached hydrogens (tertiary/aromatic N) is 3. The van der Waals surface area contributed by atoms with E-state index in [1.165, 1.54) is 17.0 Å². The summed E-state index contributed by atoms with van der Waals surface area (Å²) in [4.78, 5) is 44.9. The summed E-state index contributed by atoms with van der Waals surface area (Å²) in [6, 6.07) is 3.05. The van der Waals surface area contributed by atoms with Gasteiger partial charge >= 0.3 is 12.1 Å². The fourth-order valence-corrected chi connectivity index (χ4v) is 5.08. The number of likely N-dealkylation sites (tertiary alicyclic amines) is 2. The van der Waals surface area contributed by atoms with E-state index in [0.717, 1.165) is 25.7 Å². The Balaban J connectivity index is 1.49. The monoisotopic (exact) mass is 607 g/mol. The van der Waals surface area contributed by atoms with Crippen LogP contribution in [-0.4, -0.2) is 84.3 Å². The summed E-state index contributed by atoms with van der Waals surface area (Å²) >= 11 is 0. The average Bonchev–Trinajstić information content (AvgIpc) is 3.37. The van der Waals surface area contributed by atoms with Crippen molar-refractivity contribution in [2.24, 2.45) is 22.6 Å². The number of hydrogen-bond donors (Lipinski definition) is 2. The van der Waals surface area contributed by atoms with Crippen LogP contribution in [0.3, 0.4) is 0 Å². The second-order valence-corrected chi connectivity index (χ2v) is 12.7. The molecule has 12 heteroatoms. The summed E-state index contributed by atoms with van der Waals surface area (Å²) in [6.45, 7) is 10.8. The maximum Gasteiger partial charge on any atom is 0.408 e. The molecule has 1 aromatic carbocycles. The largest absolute Gasteiger partial charge is 0.493 e. The van der Waals surface area contributed by atoms with E-state index < -0.39 is 35.6 Å². The molecule has 1 aromatic rings. The first-order valence-electron chi connectivity index (χ1n) is 15.2. The van der Waals surface area contributed by atoms with Crippen LogP contribution in [0.4, 0.5) is 18.4 Å². The van der Waals surface area contributed by atoms with Crippen LogP contribution in [0.1, 0.15) is 72.3 Å². The molecule has 2 saturated heterocycles. The number of urea groups is 1. The second-order valence-electron chi connectivity index (χ2n) is 12.7. The van der Waals surface area contributed by atoms with Crippen molar-refractivity contribution in [1.29, 1.82) is 0 Å². The summed E-state index contributed by atoms with van der Waals surface area (Å²) in [7, 11) is 0. The van der Waals surface area contributed by atoms with E-state index in [1.54, 1.807) is 31.7 Å². The van der Waals surface area contributed by atoms with E-state index in [-0.39, 0.29) is 43.4 Å². The van der Waals surface area contributed by atoms with E-state index in [1.807, 2.05) is 13.8 Å². The van der Waals surface area contributed by atoms with Crippen molar-refractivity contribution in [3.63, 3.8) is 0 Å². The molecule has 0 saturated carbocycles. The van der Waals surface area contributed by atoms with Crippen LogP contribution in [-0.2, 0) is 16.0 Å². The number of nitrogens with two attached hydrogens (primary N) is 1. The molecule has 0 aliphatic carbocycles. The van der Waals surface area contributed by atoms with Gasteiger partial charge < -0.3 is 30.3 Å². The van der Waals surface area contributed by atoms with Crippen LogP contribution in [0, 0.1) is 17.7 Å². The molecule has 0 bridgehead atoms. The topological polar surface area (TPSA) is 127 Å². The van der Waals surface area contributed by atoms with Gasteiger partial charge in [0.15, 0.2) is 0 Å². The van der Waals surface area contributed by atoms with Crippen molar-refractivity contribution in [3.05, 3.63) is 29.6 Å². The number of rotatable bonds is 10. The number of halogens is 2. The van der Waals surface area contributed by atoms with Gasteiger partial charge in [-0.05, 0) is 70.4 Å². The van der Waals surface area contributed by atoms with Crippen LogP contribution in [0.15, 0.2) is 23.2 Å². The van der Waals surface area contributed by atoms with Crippen LogP contribution >= 0.6 is 0 Å². The highest BCUT2D eigenvalue weighted by Crippen LogP contribution is 2.24. The lowest BCUT2D eigenvalue weighted by Gasteiger charge is -2.30. The lowest BCUT2D eigenvalue weighted by molar-refractivity contribution is -0.132. The number of aliphatic imine (C=N–C) groups is 1. The summed E-state index contributed by atoms with van der Waals surface area (Å²) < 4.78 is 39.9. The quantitative estimate of drug-likeness (QED) is 0.223. The molecule has 240 valence electrons. The fraction of sp³-hybridized carbons (Fsp3) is 0.677. The van der Waals surface area contributed by atoms with Crippen LogP contribution in [0.2, 0.25) is 0 Å². The first-order chi connectivity index (χ1) is 20.2. The minimum Gasteiger partial charge on any atom is -0.493 e. The third-order valence-electron chi connectivity index (χ3n) is 7.61. The number of alkyl carbamates (subject to hydrolysis) is 1. The molecule has 0 spiro atoms. The lowest BCUT2D eigenvalue weighted by Crippen LogP contribution is -2.50. The molecule has 0 aromatic heterocycles. The van der Waals surface area contributed by atoms with Crippen molar-refractivity contribution < 1.29 is 32.6 Å². The average molecular weight is 608 g/mol. The Hall–Kier alpha value is -3.44. The van der Waals surface area contributed by atoms with Crippen LogP contribution < -0.4 is 15.8 Å².